The maximum absolute atomic E-state index is 5.78. The number of nitrogens with one attached hydrogen (secondary N) is 1. The number of methoxy groups -OCH3 is 1. The minimum Gasteiger partial charge on any atom is -0.497 e. The molecule has 6 heteroatoms. The van der Waals surface area contributed by atoms with Gasteiger partial charge in [0.15, 0.2) is 0 Å². The average Bonchev–Trinajstić information content (AvgIpc) is 2.36. The quantitative estimate of drug-likeness (QED) is 0.690. The van der Waals surface area contributed by atoms with E-state index < -0.39 is 0 Å². The van der Waals surface area contributed by atoms with E-state index in [2.05, 4.69) is 15.3 Å². The number of rotatable bonds is 4. The first-order valence-electron chi connectivity index (χ1n) is 5.24. The SMILES string of the molecule is COc1ccc(CNc2cc(Cl)nc(Cl)n2)cc1. The molecule has 2 rings (SSSR count). The van der Waals surface area contributed by atoms with Crippen LogP contribution in [-0.4, -0.2) is 17.1 Å². The summed E-state index contributed by atoms with van der Waals surface area (Å²) in [6.45, 7) is 0.619. The van der Waals surface area contributed by atoms with Crippen LogP contribution >= 0.6 is 23.2 Å². The van der Waals surface area contributed by atoms with Gasteiger partial charge in [0.25, 0.3) is 0 Å². The lowest BCUT2D eigenvalue weighted by atomic mass is 10.2. The Labute approximate surface area is 115 Å². The Hall–Kier alpha value is -1.52. The third kappa shape index (κ3) is 3.48. The van der Waals surface area contributed by atoms with Crippen molar-refractivity contribution in [2.24, 2.45) is 0 Å². The number of hydrogen-bond acceptors (Lipinski definition) is 4. The van der Waals surface area contributed by atoms with Crippen molar-refractivity contribution in [3.63, 3.8) is 0 Å². The van der Waals surface area contributed by atoms with E-state index in [9.17, 15) is 0 Å². The number of ether oxygens (including phenoxy) is 1. The number of halogens is 2. The Balaban J connectivity index is 2.01. The average molecular weight is 284 g/mol. The van der Waals surface area contributed by atoms with Crippen molar-refractivity contribution in [3.8, 4) is 5.75 Å². The number of aromatic nitrogens is 2. The van der Waals surface area contributed by atoms with Crippen LogP contribution in [0.5, 0.6) is 5.75 Å². The van der Waals surface area contributed by atoms with Crippen LogP contribution in [0.1, 0.15) is 5.56 Å². The van der Waals surface area contributed by atoms with E-state index in [-0.39, 0.29) is 5.28 Å². The van der Waals surface area contributed by atoms with Crippen LogP contribution in [0.2, 0.25) is 10.4 Å². The first-order valence-corrected chi connectivity index (χ1v) is 6.00. The maximum Gasteiger partial charge on any atom is 0.225 e. The van der Waals surface area contributed by atoms with Gasteiger partial charge in [-0.3, -0.25) is 0 Å². The van der Waals surface area contributed by atoms with Crippen LogP contribution in [0.15, 0.2) is 30.3 Å². The minimum absolute atomic E-state index is 0.125. The predicted molar refractivity (Wildman–Crippen MR) is 72.4 cm³/mol. The summed E-state index contributed by atoms with van der Waals surface area (Å²) in [7, 11) is 1.64. The van der Waals surface area contributed by atoms with Gasteiger partial charge in [-0.15, -0.1) is 0 Å². The summed E-state index contributed by atoms with van der Waals surface area (Å²) in [6, 6.07) is 9.36. The van der Waals surface area contributed by atoms with Crippen molar-refractivity contribution in [1.29, 1.82) is 0 Å². The normalized spacial score (nSPS) is 10.2. The molecule has 0 amide bonds. The molecular formula is C12H11Cl2N3O. The monoisotopic (exact) mass is 283 g/mol. The van der Waals surface area contributed by atoms with Crippen LogP contribution in [0.25, 0.3) is 0 Å². The molecule has 0 radical (unpaired) electrons. The van der Waals surface area contributed by atoms with Crippen molar-refractivity contribution in [2.75, 3.05) is 12.4 Å². The zero-order chi connectivity index (χ0) is 13.0. The summed E-state index contributed by atoms with van der Waals surface area (Å²) >= 11 is 11.5. The second kappa shape index (κ2) is 5.89. The van der Waals surface area contributed by atoms with Gasteiger partial charge in [0.1, 0.15) is 16.7 Å². The lowest BCUT2D eigenvalue weighted by molar-refractivity contribution is 0.414. The lowest BCUT2D eigenvalue weighted by Gasteiger charge is -2.07. The van der Waals surface area contributed by atoms with E-state index >= 15 is 0 Å². The first-order chi connectivity index (χ1) is 8.67. The standard InChI is InChI=1S/C12H11Cl2N3O/c1-18-9-4-2-8(3-5-9)7-15-11-6-10(13)16-12(14)17-11/h2-6H,7H2,1H3,(H,15,16,17). The van der Waals surface area contributed by atoms with Gasteiger partial charge in [-0.2, -0.15) is 0 Å². The number of nitrogens with zero attached hydrogens (tertiary/aromatic N) is 2. The molecule has 0 saturated carbocycles. The third-order valence-corrected chi connectivity index (χ3v) is 2.66. The summed E-state index contributed by atoms with van der Waals surface area (Å²) in [5.74, 6) is 1.42. The molecule has 0 aliphatic carbocycles. The maximum atomic E-state index is 5.78. The molecule has 0 spiro atoms. The highest BCUT2D eigenvalue weighted by Crippen LogP contribution is 2.16. The molecule has 0 unspecified atom stereocenters. The minimum atomic E-state index is 0.125. The Kier molecular flexibility index (Phi) is 4.23. The second-order valence-corrected chi connectivity index (χ2v) is 4.27. The van der Waals surface area contributed by atoms with Crippen LogP contribution in [0.3, 0.4) is 0 Å². The van der Waals surface area contributed by atoms with Crippen LogP contribution in [-0.2, 0) is 6.54 Å². The smallest absolute Gasteiger partial charge is 0.225 e. The highest BCUT2D eigenvalue weighted by atomic mass is 35.5. The fourth-order valence-electron chi connectivity index (χ4n) is 1.42. The van der Waals surface area contributed by atoms with Crippen molar-refractivity contribution < 1.29 is 4.74 Å². The molecule has 94 valence electrons. The van der Waals surface area contributed by atoms with Gasteiger partial charge < -0.3 is 10.1 Å². The third-order valence-electron chi connectivity index (χ3n) is 2.30. The zero-order valence-electron chi connectivity index (χ0n) is 9.65. The highest BCUT2D eigenvalue weighted by Gasteiger charge is 2.01. The summed E-state index contributed by atoms with van der Waals surface area (Å²) in [5.41, 5.74) is 1.10. The second-order valence-electron chi connectivity index (χ2n) is 3.55. The van der Waals surface area contributed by atoms with Crippen molar-refractivity contribution in [1.82, 2.24) is 9.97 Å². The summed E-state index contributed by atoms with van der Waals surface area (Å²) in [4.78, 5) is 7.79. The molecule has 1 aromatic heterocycles. The molecule has 1 heterocycles. The molecule has 1 N–H and O–H groups in total. The lowest BCUT2D eigenvalue weighted by Crippen LogP contribution is -2.02. The summed E-state index contributed by atoms with van der Waals surface area (Å²) in [6.07, 6.45) is 0. The molecule has 0 saturated heterocycles. The number of anilines is 1. The molecule has 4 nitrogen and oxygen atoms in total. The predicted octanol–water partition coefficient (Wildman–Crippen LogP) is 3.40. The topological polar surface area (TPSA) is 47.0 Å². The van der Waals surface area contributed by atoms with Gasteiger partial charge in [-0.05, 0) is 29.3 Å². The molecule has 18 heavy (non-hydrogen) atoms. The van der Waals surface area contributed by atoms with E-state index in [1.165, 1.54) is 0 Å². The van der Waals surface area contributed by atoms with Crippen LogP contribution in [0.4, 0.5) is 5.82 Å². The fourth-order valence-corrected chi connectivity index (χ4v) is 1.83. The molecule has 1 aromatic carbocycles. The first kappa shape index (κ1) is 12.9. The Bertz CT molecular complexity index is 511. The van der Waals surface area contributed by atoms with E-state index in [0.717, 1.165) is 11.3 Å². The van der Waals surface area contributed by atoms with Gasteiger partial charge in [0.05, 0.1) is 7.11 Å². The van der Waals surface area contributed by atoms with Crippen molar-refractivity contribution >= 4 is 29.0 Å². The van der Waals surface area contributed by atoms with E-state index in [0.29, 0.717) is 17.5 Å². The van der Waals surface area contributed by atoms with Crippen molar-refractivity contribution in [3.05, 3.63) is 46.3 Å². The Morgan fingerprint density at radius 2 is 1.89 bits per heavy atom. The van der Waals surface area contributed by atoms with Gasteiger partial charge in [0, 0.05) is 12.6 Å². The van der Waals surface area contributed by atoms with E-state index in [4.69, 9.17) is 27.9 Å². The summed E-state index contributed by atoms with van der Waals surface area (Å²) < 4.78 is 5.09. The summed E-state index contributed by atoms with van der Waals surface area (Å²) in [5, 5.41) is 3.56. The van der Waals surface area contributed by atoms with Gasteiger partial charge >= 0.3 is 0 Å². The molecule has 0 aliphatic rings. The molecule has 0 fully saturated rings. The molecule has 0 bridgehead atoms. The molecule has 0 atom stereocenters. The van der Waals surface area contributed by atoms with Crippen LogP contribution in [0, 0.1) is 0 Å². The number of hydrogen-bond donors (Lipinski definition) is 1. The fraction of sp³-hybridized carbons (Fsp3) is 0.167. The number of benzene rings is 1. The molecule has 0 aliphatic heterocycles. The van der Waals surface area contributed by atoms with Gasteiger partial charge in [-0.1, -0.05) is 23.7 Å². The Morgan fingerprint density at radius 3 is 2.50 bits per heavy atom. The van der Waals surface area contributed by atoms with Gasteiger partial charge in [0.2, 0.25) is 5.28 Å². The van der Waals surface area contributed by atoms with Crippen molar-refractivity contribution in [2.45, 2.75) is 6.54 Å². The Morgan fingerprint density at radius 1 is 1.17 bits per heavy atom. The highest BCUT2D eigenvalue weighted by molar-refractivity contribution is 6.32. The van der Waals surface area contributed by atoms with E-state index in [1.54, 1.807) is 13.2 Å². The molecular weight excluding hydrogens is 273 g/mol. The van der Waals surface area contributed by atoms with E-state index in [1.807, 2.05) is 24.3 Å². The van der Waals surface area contributed by atoms with Crippen LogP contribution < -0.4 is 10.1 Å². The largest absolute Gasteiger partial charge is 0.497 e. The molecule has 2 aromatic rings. The van der Waals surface area contributed by atoms with Gasteiger partial charge in [-0.25, -0.2) is 9.97 Å². The zero-order valence-corrected chi connectivity index (χ0v) is 11.2.